The van der Waals surface area contributed by atoms with Gasteiger partial charge in [-0.2, -0.15) is 0 Å². The van der Waals surface area contributed by atoms with Crippen molar-refractivity contribution in [1.82, 2.24) is 14.9 Å². The molecule has 144 valence electrons. The Bertz CT molecular complexity index is 874. The van der Waals surface area contributed by atoms with E-state index in [2.05, 4.69) is 14.9 Å². The summed E-state index contributed by atoms with van der Waals surface area (Å²) in [4.78, 5) is 34.9. The van der Waals surface area contributed by atoms with E-state index in [4.69, 9.17) is 27.9 Å². The summed E-state index contributed by atoms with van der Waals surface area (Å²) >= 11 is 12.8. The van der Waals surface area contributed by atoms with Crippen molar-refractivity contribution in [3.05, 3.63) is 48.9 Å². The number of carbonyl (C=O) groups is 2. The van der Waals surface area contributed by atoms with E-state index in [1.54, 1.807) is 13.8 Å². The summed E-state index contributed by atoms with van der Waals surface area (Å²) in [6.45, 7) is 3.27. The van der Waals surface area contributed by atoms with Gasteiger partial charge in [0.2, 0.25) is 0 Å². The van der Waals surface area contributed by atoms with E-state index in [-0.39, 0.29) is 28.8 Å². The van der Waals surface area contributed by atoms with Crippen molar-refractivity contribution in [2.24, 2.45) is 5.92 Å². The second-order valence-electron chi connectivity index (χ2n) is 5.72. The Morgan fingerprint density at radius 2 is 2.07 bits per heavy atom. The lowest BCUT2D eigenvalue weighted by molar-refractivity contribution is -0.384. The van der Waals surface area contributed by atoms with Crippen molar-refractivity contribution in [2.45, 2.75) is 26.5 Å². The Balaban J connectivity index is 2.08. The third kappa shape index (κ3) is 5.34. The lowest BCUT2D eigenvalue weighted by Crippen LogP contribution is -2.45. The Morgan fingerprint density at radius 3 is 2.59 bits per heavy atom. The number of nitro benzene ring substituents is 1. The van der Waals surface area contributed by atoms with Crippen LogP contribution in [0.1, 0.15) is 29.9 Å². The van der Waals surface area contributed by atoms with Crippen LogP contribution in [0.25, 0.3) is 0 Å². The fourth-order valence-electron chi connectivity index (χ4n) is 2.03. The Morgan fingerprint density at radius 1 is 1.37 bits per heavy atom. The summed E-state index contributed by atoms with van der Waals surface area (Å²) < 4.78 is 9.10. The summed E-state index contributed by atoms with van der Waals surface area (Å²) in [6.07, 6.45) is 0. The van der Waals surface area contributed by atoms with Gasteiger partial charge in [-0.3, -0.25) is 14.9 Å². The molecule has 0 spiro atoms. The third-order valence-electron chi connectivity index (χ3n) is 3.48. The SMILES string of the molecule is CC(C)[C@H](NC(=O)c1ccc([N+](=O)[O-])cc1Cl)C(=O)OCc1nnsc1Cl. The number of benzene rings is 1. The molecule has 1 heterocycles. The first-order chi connectivity index (χ1) is 12.7. The molecule has 1 atom stereocenters. The van der Waals surface area contributed by atoms with Crippen molar-refractivity contribution in [3.8, 4) is 0 Å². The second-order valence-corrected chi connectivity index (χ2v) is 7.48. The standard InChI is InChI=1S/C15H14Cl2N4O5S/c1-7(2)12(15(23)26-6-11-13(17)27-20-19-11)18-14(22)9-4-3-8(21(24)25)5-10(9)16/h3-5,7,12H,6H2,1-2H3,(H,18,22)/t12-/m0/s1. The molecule has 1 amide bonds. The van der Waals surface area contributed by atoms with Crippen molar-refractivity contribution in [1.29, 1.82) is 0 Å². The van der Waals surface area contributed by atoms with Crippen LogP contribution in [0.5, 0.6) is 0 Å². The largest absolute Gasteiger partial charge is 0.457 e. The van der Waals surface area contributed by atoms with Crippen LogP contribution in [0.3, 0.4) is 0 Å². The second kappa shape index (κ2) is 9.07. The molecule has 0 saturated heterocycles. The maximum absolute atomic E-state index is 12.4. The van der Waals surface area contributed by atoms with E-state index in [9.17, 15) is 19.7 Å². The fourth-order valence-corrected chi connectivity index (χ4v) is 2.89. The number of carbonyl (C=O) groups excluding carboxylic acids is 2. The average molecular weight is 433 g/mol. The van der Waals surface area contributed by atoms with E-state index in [1.807, 2.05) is 0 Å². The minimum absolute atomic E-state index is 0.00691. The number of halogens is 2. The van der Waals surface area contributed by atoms with Gasteiger partial charge in [-0.25, -0.2) is 4.79 Å². The molecule has 2 rings (SSSR count). The first-order valence-electron chi connectivity index (χ1n) is 7.59. The van der Waals surface area contributed by atoms with E-state index >= 15 is 0 Å². The van der Waals surface area contributed by atoms with Gasteiger partial charge in [0.25, 0.3) is 11.6 Å². The van der Waals surface area contributed by atoms with Gasteiger partial charge in [0.15, 0.2) is 0 Å². The predicted molar refractivity (Wildman–Crippen MR) is 98.9 cm³/mol. The van der Waals surface area contributed by atoms with Crippen molar-refractivity contribution in [2.75, 3.05) is 0 Å². The Labute approximate surface area is 167 Å². The van der Waals surface area contributed by atoms with Crippen LogP contribution >= 0.6 is 34.7 Å². The van der Waals surface area contributed by atoms with Crippen LogP contribution in [0.15, 0.2) is 18.2 Å². The van der Waals surface area contributed by atoms with Gasteiger partial charge < -0.3 is 10.1 Å². The van der Waals surface area contributed by atoms with Crippen molar-refractivity contribution < 1.29 is 19.2 Å². The van der Waals surface area contributed by atoms with Crippen LogP contribution in [0, 0.1) is 16.0 Å². The topological polar surface area (TPSA) is 124 Å². The fraction of sp³-hybridized carbons (Fsp3) is 0.333. The molecule has 1 aromatic carbocycles. The first-order valence-corrected chi connectivity index (χ1v) is 9.11. The molecule has 0 unspecified atom stereocenters. The molecule has 1 aromatic heterocycles. The summed E-state index contributed by atoms with van der Waals surface area (Å²) in [6, 6.07) is 2.48. The summed E-state index contributed by atoms with van der Waals surface area (Å²) in [5.74, 6) is -1.62. The molecule has 0 saturated carbocycles. The molecule has 12 heteroatoms. The highest BCUT2D eigenvalue weighted by Crippen LogP contribution is 2.23. The number of esters is 1. The molecule has 27 heavy (non-hydrogen) atoms. The van der Waals surface area contributed by atoms with E-state index in [1.165, 1.54) is 6.07 Å². The van der Waals surface area contributed by atoms with Crippen LogP contribution < -0.4 is 5.32 Å². The number of rotatable bonds is 7. The molecule has 0 aliphatic carbocycles. The zero-order valence-corrected chi connectivity index (χ0v) is 16.5. The molecule has 9 nitrogen and oxygen atoms in total. The lowest BCUT2D eigenvalue weighted by Gasteiger charge is -2.21. The number of ether oxygens (including phenoxy) is 1. The van der Waals surface area contributed by atoms with Gasteiger partial charge >= 0.3 is 5.97 Å². The quantitative estimate of drug-likeness (QED) is 0.404. The number of hydrogen-bond acceptors (Lipinski definition) is 8. The number of amides is 1. The van der Waals surface area contributed by atoms with Gasteiger partial charge in [0, 0.05) is 23.7 Å². The monoisotopic (exact) mass is 432 g/mol. The maximum Gasteiger partial charge on any atom is 0.329 e. The molecule has 0 bridgehead atoms. The number of aromatic nitrogens is 2. The van der Waals surface area contributed by atoms with Crippen molar-refractivity contribution >= 4 is 52.3 Å². The molecule has 2 aromatic rings. The maximum atomic E-state index is 12.4. The van der Waals surface area contributed by atoms with Crippen LogP contribution in [-0.4, -0.2) is 32.4 Å². The highest BCUT2D eigenvalue weighted by Gasteiger charge is 2.27. The zero-order valence-electron chi connectivity index (χ0n) is 14.1. The summed E-state index contributed by atoms with van der Waals surface area (Å²) in [7, 11) is 0. The lowest BCUT2D eigenvalue weighted by atomic mass is 10.0. The minimum Gasteiger partial charge on any atom is -0.457 e. The van der Waals surface area contributed by atoms with Crippen molar-refractivity contribution in [3.63, 3.8) is 0 Å². The van der Waals surface area contributed by atoms with Gasteiger partial charge in [-0.1, -0.05) is 41.5 Å². The van der Waals surface area contributed by atoms with E-state index in [0.29, 0.717) is 10.0 Å². The van der Waals surface area contributed by atoms with Gasteiger partial charge in [0.05, 0.1) is 15.5 Å². The van der Waals surface area contributed by atoms with Crippen LogP contribution in [0.4, 0.5) is 5.69 Å². The van der Waals surface area contributed by atoms with Gasteiger partial charge in [0.1, 0.15) is 22.7 Å². The Hall–Kier alpha value is -2.30. The smallest absolute Gasteiger partial charge is 0.329 e. The number of hydrogen-bond donors (Lipinski definition) is 1. The van der Waals surface area contributed by atoms with E-state index < -0.39 is 22.8 Å². The molecule has 0 aliphatic heterocycles. The average Bonchev–Trinajstić information content (AvgIpc) is 3.01. The number of nitrogens with one attached hydrogen (secondary N) is 1. The molecule has 0 radical (unpaired) electrons. The minimum atomic E-state index is -0.964. The number of non-ortho nitro benzene ring substituents is 1. The molecule has 1 N–H and O–H groups in total. The molecule has 0 fully saturated rings. The zero-order chi connectivity index (χ0) is 20.1. The van der Waals surface area contributed by atoms with Gasteiger partial charge in [-0.15, -0.1) is 5.10 Å². The molecular weight excluding hydrogens is 419 g/mol. The Kier molecular flexibility index (Phi) is 7.05. The number of nitro groups is 1. The molecular formula is C15H14Cl2N4O5S. The highest BCUT2D eigenvalue weighted by molar-refractivity contribution is 7.10. The predicted octanol–water partition coefficient (Wildman–Crippen LogP) is 3.25. The number of nitrogens with zero attached hydrogens (tertiary/aromatic N) is 3. The summed E-state index contributed by atoms with van der Waals surface area (Å²) in [5.41, 5.74) is 0.0832. The molecule has 0 aliphatic rings. The third-order valence-corrected chi connectivity index (χ3v) is 4.77. The van der Waals surface area contributed by atoms with Crippen LogP contribution in [-0.2, 0) is 16.1 Å². The van der Waals surface area contributed by atoms with E-state index in [0.717, 1.165) is 23.7 Å². The first kappa shape index (κ1) is 21.0. The van der Waals surface area contributed by atoms with Crippen LogP contribution in [0.2, 0.25) is 9.36 Å². The summed E-state index contributed by atoms with van der Waals surface area (Å²) in [5, 5.41) is 16.9. The normalized spacial score (nSPS) is 11.9. The van der Waals surface area contributed by atoms with Gasteiger partial charge in [-0.05, 0) is 12.0 Å². The highest BCUT2D eigenvalue weighted by atomic mass is 35.5.